The van der Waals surface area contributed by atoms with Crippen molar-refractivity contribution in [3.8, 4) is 23.0 Å². The Morgan fingerprint density at radius 1 is 0.714 bits per heavy atom. The number of hydrogen-bond donors (Lipinski definition) is 6. The van der Waals surface area contributed by atoms with E-state index in [2.05, 4.69) is 15.8 Å². The predicted molar refractivity (Wildman–Crippen MR) is 210 cm³/mol. The van der Waals surface area contributed by atoms with Crippen LogP contribution in [0, 0.1) is 6.92 Å². The SMILES string of the molecule is COc1cc(C2=NOC(c3cc(CO)c(CO)c(CO)c3)C2)cc(OC)c1OCCCCCCCOc1ccc(C2NC(=O)c3cc(C)ccc3N2)cc1CO. The molecule has 6 rings (SSSR count). The topological polar surface area (TPSA) is 181 Å². The number of methoxy groups -OCH3 is 2. The fraction of sp³-hybridized carbons (Fsp3) is 0.395. The van der Waals surface area contributed by atoms with Crippen LogP contribution in [0.2, 0.25) is 0 Å². The number of anilines is 1. The van der Waals surface area contributed by atoms with Crippen LogP contribution in [-0.2, 0) is 31.3 Å². The number of hydrogen-bond acceptors (Lipinski definition) is 12. The number of carbonyl (C=O) groups is 1. The number of fused-ring (bicyclic) bond motifs is 1. The molecule has 0 fully saturated rings. The first-order valence-corrected chi connectivity index (χ1v) is 18.9. The van der Waals surface area contributed by atoms with Crippen LogP contribution in [0.1, 0.15) is 106 Å². The number of ether oxygens (including phenoxy) is 4. The van der Waals surface area contributed by atoms with Gasteiger partial charge < -0.3 is 54.8 Å². The second kappa shape index (κ2) is 19.0. The van der Waals surface area contributed by atoms with Crippen LogP contribution in [0.3, 0.4) is 0 Å². The van der Waals surface area contributed by atoms with Crippen molar-refractivity contribution in [3.05, 3.63) is 111 Å². The van der Waals surface area contributed by atoms with Gasteiger partial charge in [0.15, 0.2) is 17.6 Å². The van der Waals surface area contributed by atoms with Gasteiger partial charge in [-0.25, -0.2) is 0 Å². The molecule has 298 valence electrons. The van der Waals surface area contributed by atoms with Crippen molar-refractivity contribution in [2.75, 3.05) is 32.8 Å². The second-order valence-corrected chi connectivity index (χ2v) is 13.9. The van der Waals surface area contributed by atoms with E-state index in [0.29, 0.717) is 76.2 Å². The van der Waals surface area contributed by atoms with E-state index >= 15 is 0 Å². The molecule has 1 amide bonds. The lowest BCUT2D eigenvalue weighted by atomic mass is 9.93. The van der Waals surface area contributed by atoms with Crippen LogP contribution in [0.4, 0.5) is 5.69 Å². The molecule has 0 spiro atoms. The number of benzene rings is 4. The summed E-state index contributed by atoms with van der Waals surface area (Å²) in [4.78, 5) is 18.5. The molecule has 2 unspecified atom stereocenters. The summed E-state index contributed by atoms with van der Waals surface area (Å²) in [5.74, 6) is 2.02. The van der Waals surface area contributed by atoms with Gasteiger partial charge in [-0.15, -0.1) is 0 Å². The third kappa shape index (κ3) is 9.19. The van der Waals surface area contributed by atoms with Crippen LogP contribution in [-0.4, -0.2) is 59.5 Å². The molecule has 13 nitrogen and oxygen atoms in total. The molecule has 2 aliphatic rings. The van der Waals surface area contributed by atoms with Gasteiger partial charge in [-0.05, 0) is 96.1 Å². The minimum absolute atomic E-state index is 0.137. The Morgan fingerprint density at radius 2 is 1.36 bits per heavy atom. The maximum absolute atomic E-state index is 12.7. The van der Waals surface area contributed by atoms with Crippen LogP contribution >= 0.6 is 0 Å². The van der Waals surface area contributed by atoms with Gasteiger partial charge in [-0.3, -0.25) is 4.79 Å². The Bertz CT molecular complexity index is 1980. The molecular formula is C43H51N3O10. The zero-order valence-electron chi connectivity index (χ0n) is 32.1. The van der Waals surface area contributed by atoms with Crippen molar-refractivity contribution >= 4 is 17.3 Å². The Balaban J connectivity index is 0.942. The molecule has 2 heterocycles. The van der Waals surface area contributed by atoms with Gasteiger partial charge in [0, 0.05) is 23.2 Å². The van der Waals surface area contributed by atoms with Crippen molar-refractivity contribution in [2.24, 2.45) is 5.16 Å². The molecule has 0 saturated carbocycles. The van der Waals surface area contributed by atoms with E-state index in [9.17, 15) is 25.2 Å². The maximum Gasteiger partial charge on any atom is 0.255 e. The summed E-state index contributed by atoms with van der Waals surface area (Å²) in [7, 11) is 3.15. The quantitative estimate of drug-likeness (QED) is 0.0606. The standard InChI is InChI=1S/C43H51N3O10/c1-26-9-11-35-33(15-26)43(51)45-42(44-35)27-10-12-37(32(16-27)24-49)54-13-7-5-4-6-8-14-55-41-39(52-2)19-28(20-40(41)53-3)36-21-38(56-46-36)29-17-30(22-47)34(25-50)31(18-29)23-48/h9-12,15-20,38,42,44,47-50H,4-8,13-14,21-25H2,1-3H3,(H,45,51). The first kappa shape index (κ1) is 40.3. The molecule has 13 heteroatoms. The monoisotopic (exact) mass is 769 g/mol. The summed E-state index contributed by atoms with van der Waals surface area (Å²) in [6, 6.07) is 18.6. The highest BCUT2D eigenvalue weighted by atomic mass is 16.6. The molecule has 4 aromatic rings. The number of nitrogens with zero attached hydrogens (tertiary/aromatic N) is 1. The number of amides is 1. The zero-order valence-corrected chi connectivity index (χ0v) is 32.1. The van der Waals surface area contributed by atoms with Gasteiger partial charge in [-0.1, -0.05) is 42.1 Å². The summed E-state index contributed by atoms with van der Waals surface area (Å²) >= 11 is 0. The summed E-state index contributed by atoms with van der Waals surface area (Å²) < 4.78 is 23.6. The van der Waals surface area contributed by atoms with Crippen LogP contribution in [0.15, 0.2) is 65.8 Å². The minimum atomic E-state index is -0.433. The number of aryl methyl sites for hydroxylation is 1. The Hall–Kier alpha value is -5.34. The van der Waals surface area contributed by atoms with E-state index in [4.69, 9.17) is 23.8 Å². The number of nitrogens with one attached hydrogen (secondary N) is 2. The number of rotatable bonds is 19. The Morgan fingerprint density at radius 3 is 2.00 bits per heavy atom. The van der Waals surface area contributed by atoms with E-state index in [-0.39, 0.29) is 32.3 Å². The maximum atomic E-state index is 12.7. The normalized spacial score (nSPS) is 16.0. The largest absolute Gasteiger partial charge is 0.493 e. The fourth-order valence-corrected chi connectivity index (χ4v) is 7.08. The fourth-order valence-electron chi connectivity index (χ4n) is 7.08. The summed E-state index contributed by atoms with van der Waals surface area (Å²) in [6.07, 6.45) is 4.24. The molecule has 0 aliphatic carbocycles. The summed E-state index contributed by atoms with van der Waals surface area (Å²) in [6.45, 7) is 1.95. The van der Waals surface area contributed by atoms with Crippen LogP contribution < -0.4 is 29.6 Å². The molecule has 2 atom stereocenters. The molecular weight excluding hydrogens is 718 g/mol. The van der Waals surface area contributed by atoms with Gasteiger partial charge >= 0.3 is 0 Å². The van der Waals surface area contributed by atoms with E-state index in [1.807, 2.05) is 55.5 Å². The molecule has 6 N–H and O–H groups in total. The van der Waals surface area contributed by atoms with Gasteiger partial charge in [-0.2, -0.15) is 0 Å². The molecule has 0 aromatic heterocycles. The van der Waals surface area contributed by atoms with Gasteiger partial charge in [0.2, 0.25) is 5.75 Å². The van der Waals surface area contributed by atoms with E-state index in [0.717, 1.165) is 60.0 Å². The first-order valence-electron chi connectivity index (χ1n) is 18.9. The van der Waals surface area contributed by atoms with E-state index in [1.54, 1.807) is 26.4 Å². The zero-order chi connectivity index (χ0) is 39.6. The van der Waals surface area contributed by atoms with Crippen molar-refractivity contribution < 1.29 is 49.0 Å². The average molecular weight is 770 g/mol. The first-order chi connectivity index (χ1) is 27.3. The van der Waals surface area contributed by atoms with Gasteiger partial charge in [0.1, 0.15) is 11.9 Å². The highest BCUT2D eigenvalue weighted by Crippen LogP contribution is 2.41. The van der Waals surface area contributed by atoms with E-state index < -0.39 is 12.3 Å². The number of aliphatic hydroxyl groups is 4. The van der Waals surface area contributed by atoms with Gasteiger partial charge in [0.05, 0.1) is 65.1 Å². The van der Waals surface area contributed by atoms with Crippen molar-refractivity contribution in [1.82, 2.24) is 5.32 Å². The predicted octanol–water partition coefficient (Wildman–Crippen LogP) is 6.11. The molecule has 2 aliphatic heterocycles. The number of oxime groups is 1. The second-order valence-electron chi connectivity index (χ2n) is 13.9. The lowest BCUT2D eigenvalue weighted by Crippen LogP contribution is -2.38. The molecule has 0 saturated heterocycles. The highest BCUT2D eigenvalue weighted by molar-refractivity contribution is 6.03. The Kier molecular flexibility index (Phi) is 13.7. The summed E-state index contributed by atoms with van der Waals surface area (Å²) in [5, 5.41) is 50.2. The smallest absolute Gasteiger partial charge is 0.255 e. The van der Waals surface area contributed by atoms with Crippen molar-refractivity contribution in [2.45, 2.75) is 84.1 Å². The molecule has 4 aromatic carbocycles. The molecule has 56 heavy (non-hydrogen) atoms. The number of carbonyl (C=O) groups excluding carboxylic acids is 1. The Labute approximate surface area is 326 Å². The minimum Gasteiger partial charge on any atom is -0.493 e. The summed E-state index contributed by atoms with van der Waals surface area (Å²) in [5.41, 5.74) is 7.68. The van der Waals surface area contributed by atoms with Crippen molar-refractivity contribution in [3.63, 3.8) is 0 Å². The third-order valence-corrected chi connectivity index (χ3v) is 10.2. The van der Waals surface area contributed by atoms with Crippen LogP contribution in [0.25, 0.3) is 0 Å². The third-order valence-electron chi connectivity index (χ3n) is 10.2. The lowest BCUT2D eigenvalue weighted by molar-refractivity contribution is 0.0853. The average Bonchev–Trinajstić information content (AvgIpc) is 3.73. The van der Waals surface area contributed by atoms with Gasteiger partial charge in [0.25, 0.3) is 5.91 Å². The highest BCUT2D eigenvalue weighted by Gasteiger charge is 2.28. The molecule has 0 bridgehead atoms. The number of unbranched alkanes of at least 4 members (excludes halogenated alkanes) is 4. The lowest BCUT2D eigenvalue weighted by Gasteiger charge is -2.29. The van der Waals surface area contributed by atoms with Crippen molar-refractivity contribution in [1.29, 1.82) is 0 Å². The van der Waals surface area contributed by atoms with E-state index in [1.165, 1.54) is 0 Å². The van der Waals surface area contributed by atoms with Crippen LogP contribution in [0.5, 0.6) is 23.0 Å². The molecule has 0 radical (unpaired) electrons. The number of aliphatic hydroxyl groups excluding tert-OH is 4.